The number of hydrogen-bond donors (Lipinski definition) is 0. The lowest BCUT2D eigenvalue weighted by atomic mass is 9.81. The first-order chi connectivity index (χ1) is 10.3. The third kappa shape index (κ3) is 2.51. The first-order valence-electron chi connectivity index (χ1n) is 7.43. The summed E-state index contributed by atoms with van der Waals surface area (Å²) < 4.78 is 13.6. The smallest absolute Gasteiger partial charge is 0.399 e. The molecule has 2 heterocycles. The highest BCUT2D eigenvalue weighted by Crippen LogP contribution is 2.36. The molecule has 4 nitrogen and oxygen atoms in total. The molecule has 0 bridgehead atoms. The van der Waals surface area contributed by atoms with Crippen molar-refractivity contribution in [2.24, 2.45) is 0 Å². The summed E-state index contributed by atoms with van der Waals surface area (Å²) in [6.07, 6.45) is 3.52. The summed E-state index contributed by atoms with van der Waals surface area (Å²) in [5.74, 6) is -0.0663. The van der Waals surface area contributed by atoms with Crippen LogP contribution in [0.15, 0.2) is 48.8 Å². The summed E-state index contributed by atoms with van der Waals surface area (Å²) >= 11 is 0. The topological polar surface area (TPSA) is 40.5 Å². The normalized spacial score (nSPS) is 19.4. The summed E-state index contributed by atoms with van der Waals surface area (Å²) in [5, 5.41) is 0. The Morgan fingerprint density at radius 1 is 1.00 bits per heavy atom. The molecule has 0 spiro atoms. The van der Waals surface area contributed by atoms with Crippen LogP contribution in [0.1, 0.15) is 38.1 Å². The number of carbonyl (C=O) groups is 1. The Balaban J connectivity index is 1.82. The molecule has 0 aliphatic carbocycles. The van der Waals surface area contributed by atoms with E-state index >= 15 is 0 Å². The summed E-state index contributed by atoms with van der Waals surface area (Å²) in [5.41, 5.74) is 0.730. The van der Waals surface area contributed by atoms with Crippen LogP contribution in [0.25, 0.3) is 0 Å². The van der Waals surface area contributed by atoms with E-state index in [1.807, 2.05) is 52.0 Å². The molecule has 1 aromatic heterocycles. The molecule has 2 aromatic rings. The Morgan fingerprint density at radius 2 is 1.59 bits per heavy atom. The Kier molecular flexibility index (Phi) is 3.50. The zero-order chi connectivity index (χ0) is 16.0. The maximum absolute atomic E-state index is 12.4. The van der Waals surface area contributed by atoms with Crippen molar-refractivity contribution in [1.29, 1.82) is 0 Å². The summed E-state index contributed by atoms with van der Waals surface area (Å²) in [6, 6.07) is 11.1. The van der Waals surface area contributed by atoms with Crippen molar-refractivity contribution in [2.45, 2.75) is 38.9 Å². The van der Waals surface area contributed by atoms with Crippen molar-refractivity contribution >= 4 is 18.5 Å². The van der Waals surface area contributed by atoms with Gasteiger partial charge in [-0.25, -0.2) is 0 Å². The van der Waals surface area contributed by atoms with Gasteiger partial charge < -0.3 is 9.31 Å². The van der Waals surface area contributed by atoms with Crippen LogP contribution < -0.4 is 5.46 Å². The predicted octanol–water partition coefficient (Wildman–Crippen LogP) is 2.48. The van der Waals surface area contributed by atoms with E-state index < -0.39 is 7.12 Å². The molecular formula is C17H20BNO3. The molecule has 5 heteroatoms. The highest BCUT2D eigenvalue weighted by atomic mass is 16.7. The van der Waals surface area contributed by atoms with E-state index in [1.54, 1.807) is 29.1 Å². The van der Waals surface area contributed by atoms with Gasteiger partial charge in [-0.3, -0.25) is 9.36 Å². The van der Waals surface area contributed by atoms with Gasteiger partial charge in [0.15, 0.2) is 0 Å². The van der Waals surface area contributed by atoms with E-state index in [1.165, 1.54) is 0 Å². The fourth-order valence-corrected chi connectivity index (χ4v) is 2.39. The van der Waals surface area contributed by atoms with Crippen molar-refractivity contribution in [3.8, 4) is 0 Å². The number of hydrogen-bond acceptors (Lipinski definition) is 3. The standard InChI is InChI=1S/C17H20BNO3/c1-16(2)17(3,4)22-18(21-16)14-10-11-19(12-14)15(20)13-8-6-5-7-9-13/h5-12H,1-4H3. The largest absolute Gasteiger partial charge is 0.496 e. The van der Waals surface area contributed by atoms with Crippen molar-refractivity contribution in [2.75, 3.05) is 0 Å². The van der Waals surface area contributed by atoms with Crippen molar-refractivity contribution in [1.82, 2.24) is 4.57 Å². The molecule has 22 heavy (non-hydrogen) atoms. The molecule has 1 aromatic carbocycles. The van der Waals surface area contributed by atoms with Gasteiger partial charge in [0.25, 0.3) is 5.91 Å². The molecule has 1 aliphatic rings. The van der Waals surface area contributed by atoms with Crippen LogP contribution in [0, 0.1) is 0 Å². The number of nitrogens with zero attached hydrogens (tertiary/aromatic N) is 1. The maximum Gasteiger partial charge on any atom is 0.496 e. The minimum absolute atomic E-state index is 0.0663. The van der Waals surface area contributed by atoms with E-state index in [9.17, 15) is 4.79 Å². The van der Waals surface area contributed by atoms with E-state index in [-0.39, 0.29) is 17.1 Å². The minimum Gasteiger partial charge on any atom is -0.399 e. The third-order valence-electron chi connectivity index (χ3n) is 4.50. The molecule has 0 atom stereocenters. The predicted molar refractivity (Wildman–Crippen MR) is 86.3 cm³/mol. The average Bonchev–Trinajstić information content (AvgIpc) is 3.03. The second-order valence-corrected chi connectivity index (χ2v) is 6.61. The second-order valence-electron chi connectivity index (χ2n) is 6.61. The molecule has 0 unspecified atom stereocenters. The Morgan fingerprint density at radius 3 is 2.18 bits per heavy atom. The van der Waals surface area contributed by atoms with Gasteiger partial charge in [0.2, 0.25) is 0 Å². The molecule has 0 saturated carbocycles. The zero-order valence-corrected chi connectivity index (χ0v) is 13.4. The third-order valence-corrected chi connectivity index (χ3v) is 4.50. The molecule has 1 aliphatic heterocycles. The van der Waals surface area contributed by atoms with Crippen molar-refractivity contribution in [3.63, 3.8) is 0 Å². The van der Waals surface area contributed by atoms with E-state index in [4.69, 9.17) is 9.31 Å². The van der Waals surface area contributed by atoms with E-state index in [0.717, 1.165) is 5.46 Å². The highest BCUT2D eigenvalue weighted by molar-refractivity contribution is 6.62. The monoisotopic (exact) mass is 297 g/mol. The lowest BCUT2D eigenvalue weighted by Gasteiger charge is -2.32. The Hall–Kier alpha value is -1.85. The molecule has 3 rings (SSSR count). The number of rotatable bonds is 2. The minimum atomic E-state index is -0.449. The van der Waals surface area contributed by atoms with Crippen molar-refractivity contribution < 1.29 is 14.1 Å². The number of aromatic nitrogens is 1. The molecular weight excluding hydrogens is 277 g/mol. The Bertz CT molecular complexity index is 675. The quantitative estimate of drug-likeness (QED) is 0.800. The lowest BCUT2D eigenvalue weighted by Crippen LogP contribution is -2.41. The first kappa shape index (κ1) is 15.1. The van der Waals surface area contributed by atoms with Gasteiger partial charge in [-0.1, -0.05) is 18.2 Å². The van der Waals surface area contributed by atoms with Crippen LogP contribution in [-0.4, -0.2) is 28.8 Å². The molecule has 0 N–H and O–H groups in total. The zero-order valence-electron chi connectivity index (χ0n) is 13.4. The first-order valence-corrected chi connectivity index (χ1v) is 7.43. The summed E-state index contributed by atoms with van der Waals surface area (Å²) in [4.78, 5) is 12.4. The van der Waals surface area contributed by atoms with E-state index in [2.05, 4.69) is 0 Å². The van der Waals surface area contributed by atoms with Gasteiger partial charge >= 0.3 is 7.12 Å². The number of benzene rings is 1. The van der Waals surface area contributed by atoms with Crippen LogP contribution in [-0.2, 0) is 9.31 Å². The van der Waals surface area contributed by atoms with Crippen molar-refractivity contribution in [3.05, 3.63) is 54.4 Å². The average molecular weight is 297 g/mol. The lowest BCUT2D eigenvalue weighted by molar-refractivity contribution is 0.00578. The summed E-state index contributed by atoms with van der Waals surface area (Å²) in [6.45, 7) is 8.05. The molecule has 114 valence electrons. The van der Waals surface area contributed by atoms with Crippen LogP contribution in [0.5, 0.6) is 0 Å². The van der Waals surface area contributed by atoms with Gasteiger partial charge in [-0.15, -0.1) is 0 Å². The molecule has 0 amide bonds. The van der Waals surface area contributed by atoms with Gasteiger partial charge in [0.05, 0.1) is 11.2 Å². The van der Waals surface area contributed by atoms with E-state index in [0.29, 0.717) is 5.56 Å². The van der Waals surface area contributed by atoms with Gasteiger partial charge in [0, 0.05) is 23.4 Å². The van der Waals surface area contributed by atoms with Crippen LogP contribution in [0.3, 0.4) is 0 Å². The van der Waals surface area contributed by atoms with Crippen LogP contribution >= 0.6 is 0 Å². The molecule has 1 fully saturated rings. The number of carbonyl (C=O) groups excluding carboxylic acids is 1. The van der Waals surface area contributed by atoms with Gasteiger partial charge in [0.1, 0.15) is 0 Å². The SMILES string of the molecule is CC1(C)OB(c2ccn(C(=O)c3ccccc3)c2)OC1(C)C. The highest BCUT2D eigenvalue weighted by Gasteiger charge is 2.51. The summed E-state index contributed by atoms with van der Waals surface area (Å²) in [7, 11) is -0.449. The van der Waals surface area contributed by atoms with Gasteiger partial charge in [-0.2, -0.15) is 0 Å². The fourth-order valence-electron chi connectivity index (χ4n) is 2.39. The second kappa shape index (κ2) is 5.11. The molecule has 0 radical (unpaired) electrons. The maximum atomic E-state index is 12.4. The van der Waals surface area contributed by atoms with Crippen LogP contribution in [0.2, 0.25) is 0 Å². The van der Waals surface area contributed by atoms with Gasteiger partial charge in [-0.05, 0) is 45.9 Å². The fraction of sp³-hybridized carbons (Fsp3) is 0.353. The molecule has 1 saturated heterocycles. The Labute approximate surface area is 131 Å². The van der Waals surface area contributed by atoms with Crippen LogP contribution in [0.4, 0.5) is 0 Å².